The van der Waals surface area contributed by atoms with E-state index in [9.17, 15) is 19.8 Å². The number of esters is 1. The molecule has 0 rings (SSSR count). The average molecular weight is 1290 g/mol. The van der Waals surface area contributed by atoms with Crippen LogP contribution in [0.25, 0.3) is 0 Å². The molecule has 0 aromatic heterocycles. The number of ether oxygens (including phenoxy) is 1. The van der Waals surface area contributed by atoms with Crippen LogP contribution in [0.1, 0.15) is 476 Å². The predicted octanol–water partition coefficient (Wildman–Crippen LogP) is 28.2. The van der Waals surface area contributed by atoms with E-state index in [1.807, 2.05) is 6.08 Å². The molecular weight excluding hydrogens is 1130 g/mol. The van der Waals surface area contributed by atoms with Gasteiger partial charge in [-0.15, -0.1) is 0 Å². The van der Waals surface area contributed by atoms with E-state index in [1.54, 1.807) is 6.08 Å². The molecule has 0 aromatic rings. The number of unbranched alkanes of at least 4 members (excludes halogenated alkanes) is 65. The molecule has 0 heterocycles. The van der Waals surface area contributed by atoms with Gasteiger partial charge in [0.05, 0.1) is 25.4 Å². The third kappa shape index (κ3) is 77.1. The number of allylic oxidation sites excluding steroid dienone is 5. The molecule has 0 aliphatic carbocycles. The number of nitrogens with one attached hydrogen (secondary N) is 1. The van der Waals surface area contributed by atoms with Crippen LogP contribution in [0.4, 0.5) is 0 Å². The summed E-state index contributed by atoms with van der Waals surface area (Å²) >= 11 is 0. The fourth-order valence-corrected chi connectivity index (χ4v) is 13.5. The smallest absolute Gasteiger partial charge is 0.305 e. The Morgan fingerprint density at radius 1 is 0.304 bits per heavy atom. The molecule has 1 amide bonds. The maximum atomic E-state index is 12.5. The van der Waals surface area contributed by atoms with E-state index in [1.165, 1.54) is 405 Å². The van der Waals surface area contributed by atoms with E-state index in [2.05, 4.69) is 43.5 Å². The van der Waals surface area contributed by atoms with Gasteiger partial charge >= 0.3 is 5.97 Å². The Hall–Kier alpha value is -1.92. The molecule has 0 aliphatic rings. The van der Waals surface area contributed by atoms with Gasteiger partial charge in [-0.1, -0.05) is 436 Å². The highest BCUT2D eigenvalue weighted by atomic mass is 16.5. The third-order valence-corrected chi connectivity index (χ3v) is 19.9. The van der Waals surface area contributed by atoms with E-state index in [4.69, 9.17) is 4.74 Å². The lowest BCUT2D eigenvalue weighted by Crippen LogP contribution is -2.45. The molecule has 0 spiro atoms. The first-order chi connectivity index (χ1) is 45.5. The first-order valence-electron chi connectivity index (χ1n) is 42.3. The summed E-state index contributed by atoms with van der Waals surface area (Å²) in [5.74, 6) is -0.0376. The van der Waals surface area contributed by atoms with E-state index in [0.29, 0.717) is 19.4 Å². The van der Waals surface area contributed by atoms with Crippen molar-refractivity contribution in [2.45, 2.75) is 488 Å². The molecule has 3 N–H and O–H groups in total. The Morgan fingerprint density at radius 3 is 0.848 bits per heavy atom. The van der Waals surface area contributed by atoms with Gasteiger partial charge < -0.3 is 20.3 Å². The van der Waals surface area contributed by atoms with Crippen LogP contribution in [0.2, 0.25) is 0 Å². The Morgan fingerprint density at radius 2 is 0.543 bits per heavy atom. The summed E-state index contributed by atoms with van der Waals surface area (Å²) in [7, 11) is 0. The third-order valence-electron chi connectivity index (χ3n) is 19.9. The molecule has 0 bridgehead atoms. The summed E-state index contributed by atoms with van der Waals surface area (Å²) < 4.78 is 5.52. The summed E-state index contributed by atoms with van der Waals surface area (Å²) in [6.45, 7) is 4.93. The second-order valence-electron chi connectivity index (χ2n) is 29.2. The molecule has 2 unspecified atom stereocenters. The number of hydrogen-bond acceptors (Lipinski definition) is 5. The zero-order valence-electron chi connectivity index (χ0n) is 62.6. The first kappa shape index (κ1) is 90.1. The van der Waals surface area contributed by atoms with Gasteiger partial charge in [-0.3, -0.25) is 9.59 Å². The molecule has 0 saturated carbocycles. The molecular formula is C86H165NO5. The van der Waals surface area contributed by atoms with Crippen molar-refractivity contribution in [2.75, 3.05) is 13.2 Å². The maximum Gasteiger partial charge on any atom is 0.305 e. The largest absolute Gasteiger partial charge is 0.466 e. The lowest BCUT2D eigenvalue weighted by molar-refractivity contribution is -0.143. The molecule has 0 aromatic carbocycles. The summed E-state index contributed by atoms with van der Waals surface area (Å²) in [5.41, 5.74) is 0. The van der Waals surface area contributed by atoms with E-state index >= 15 is 0 Å². The van der Waals surface area contributed by atoms with Gasteiger partial charge in [0.25, 0.3) is 0 Å². The van der Waals surface area contributed by atoms with Gasteiger partial charge in [-0.05, 0) is 64.2 Å². The van der Waals surface area contributed by atoms with Gasteiger partial charge in [0.15, 0.2) is 0 Å². The quantitative estimate of drug-likeness (QED) is 0.0320. The molecule has 6 nitrogen and oxygen atoms in total. The highest BCUT2D eigenvalue weighted by Crippen LogP contribution is 2.20. The number of hydrogen-bond donors (Lipinski definition) is 3. The van der Waals surface area contributed by atoms with Crippen molar-refractivity contribution in [1.82, 2.24) is 5.32 Å². The summed E-state index contributed by atoms with van der Waals surface area (Å²) in [4.78, 5) is 24.7. The van der Waals surface area contributed by atoms with Crippen molar-refractivity contribution in [2.24, 2.45) is 0 Å². The molecule has 92 heavy (non-hydrogen) atoms. The lowest BCUT2D eigenvalue weighted by Gasteiger charge is -2.20. The van der Waals surface area contributed by atoms with Crippen LogP contribution in [0.5, 0.6) is 0 Å². The minimum absolute atomic E-state index is 0.0202. The number of aliphatic hydroxyl groups is 2. The molecule has 0 saturated heterocycles. The van der Waals surface area contributed by atoms with Gasteiger partial charge in [0.1, 0.15) is 0 Å². The van der Waals surface area contributed by atoms with Gasteiger partial charge in [-0.2, -0.15) is 0 Å². The van der Waals surface area contributed by atoms with Crippen LogP contribution in [0.15, 0.2) is 36.5 Å². The first-order valence-corrected chi connectivity index (χ1v) is 42.3. The summed E-state index contributed by atoms with van der Waals surface area (Å²) in [5, 5.41) is 23.3. The van der Waals surface area contributed by atoms with Gasteiger partial charge in [-0.25, -0.2) is 0 Å². The highest BCUT2D eigenvalue weighted by Gasteiger charge is 2.18. The van der Waals surface area contributed by atoms with Crippen molar-refractivity contribution in [3.63, 3.8) is 0 Å². The molecule has 2 atom stereocenters. The van der Waals surface area contributed by atoms with E-state index in [-0.39, 0.29) is 18.5 Å². The van der Waals surface area contributed by atoms with Crippen LogP contribution in [0.3, 0.4) is 0 Å². The lowest BCUT2D eigenvalue weighted by atomic mass is 10.0. The van der Waals surface area contributed by atoms with E-state index in [0.717, 1.165) is 44.9 Å². The number of carbonyl (C=O) groups is 2. The molecule has 0 aliphatic heterocycles. The molecule has 0 radical (unpaired) electrons. The van der Waals surface area contributed by atoms with Crippen LogP contribution in [-0.2, 0) is 14.3 Å². The van der Waals surface area contributed by atoms with Crippen LogP contribution >= 0.6 is 0 Å². The molecule has 544 valence electrons. The Kier molecular flexibility index (Phi) is 79.8. The second-order valence-corrected chi connectivity index (χ2v) is 29.2. The van der Waals surface area contributed by atoms with Crippen molar-refractivity contribution in [3.05, 3.63) is 36.5 Å². The van der Waals surface area contributed by atoms with E-state index < -0.39 is 12.1 Å². The number of rotatable bonds is 80. The summed E-state index contributed by atoms with van der Waals surface area (Å²) in [6.07, 6.45) is 107. The predicted molar refractivity (Wildman–Crippen MR) is 407 cm³/mol. The minimum Gasteiger partial charge on any atom is -0.466 e. The summed E-state index contributed by atoms with van der Waals surface area (Å²) in [6, 6.07) is -0.624. The zero-order valence-corrected chi connectivity index (χ0v) is 62.6. The zero-order chi connectivity index (χ0) is 66.3. The monoisotopic (exact) mass is 1290 g/mol. The van der Waals surface area contributed by atoms with Crippen molar-refractivity contribution >= 4 is 11.9 Å². The van der Waals surface area contributed by atoms with Gasteiger partial charge in [0.2, 0.25) is 5.91 Å². The normalized spacial score (nSPS) is 12.6. The number of carbonyl (C=O) groups excluding carboxylic acids is 2. The fourth-order valence-electron chi connectivity index (χ4n) is 13.5. The minimum atomic E-state index is -0.841. The van der Waals surface area contributed by atoms with Crippen LogP contribution in [-0.4, -0.2) is 47.4 Å². The maximum absolute atomic E-state index is 12.5. The van der Waals surface area contributed by atoms with Crippen LogP contribution in [0, 0.1) is 0 Å². The Bertz CT molecular complexity index is 1490. The number of amides is 1. The second kappa shape index (κ2) is 81.5. The number of aliphatic hydroxyl groups excluding tert-OH is 2. The standard InChI is InChI=1S/C86H165NO5/c1-3-5-7-9-11-13-15-17-19-21-42-46-50-54-58-62-66-70-74-78-84(89)83(82-88)87-85(90)79-75-71-67-63-59-55-51-47-44-40-38-36-34-32-30-28-26-24-23-25-27-29-31-33-35-37-39-41-45-49-53-57-61-65-69-73-77-81-92-86(91)80-76-72-68-64-60-56-52-48-43-22-20-18-16-14-12-10-8-6-4-2/h12,14,18,20,74,78,83-84,88-89H,3-11,13,15-17,19,21-73,75-77,79-82H2,1-2H3,(H,87,90)/b14-12-,20-18-,78-74+. The van der Waals surface area contributed by atoms with Crippen molar-refractivity contribution in [1.29, 1.82) is 0 Å². The average Bonchev–Trinajstić information content (AvgIpc) is 3.61. The highest BCUT2D eigenvalue weighted by molar-refractivity contribution is 5.76. The fraction of sp³-hybridized carbons (Fsp3) is 0.907. The molecule has 0 fully saturated rings. The van der Waals surface area contributed by atoms with Crippen molar-refractivity contribution in [3.8, 4) is 0 Å². The Balaban J connectivity index is 3.31. The van der Waals surface area contributed by atoms with Gasteiger partial charge in [0, 0.05) is 12.8 Å². The molecule has 6 heteroatoms. The van der Waals surface area contributed by atoms with Crippen LogP contribution < -0.4 is 5.32 Å². The topological polar surface area (TPSA) is 95.9 Å². The SMILES string of the molecule is CCCCC/C=C\C/C=C\CCCCCCCCCCCC(=O)OCCCCCCCCCCCCCCCCCCCCCCCCCCCCCCCCCCCCCCCC(=O)NC(CO)C(O)/C=C/CCCCCCCCCCCCCCCCCCC. The van der Waals surface area contributed by atoms with Crippen molar-refractivity contribution < 1.29 is 24.5 Å². The Labute approximate surface area is 576 Å².